The molecule has 1 aliphatic heterocycles. The molecule has 0 spiro atoms. The van der Waals surface area contributed by atoms with Crippen molar-refractivity contribution in [2.24, 2.45) is 0 Å². The maximum Gasteiger partial charge on any atom is 0.224 e. The second-order valence-electron chi connectivity index (χ2n) is 6.33. The zero-order chi connectivity index (χ0) is 18.4. The number of ether oxygens (including phenoxy) is 2. The summed E-state index contributed by atoms with van der Waals surface area (Å²) >= 11 is 6.07. The Morgan fingerprint density at radius 1 is 1.31 bits per heavy atom. The van der Waals surface area contributed by atoms with Crippen molar-refractivity contribution in [2.75, 3.05) is 24.3 Å². The molecule has 1 saturated heterocycles. The van der Waals surface area contributed by atoms with Crippen molar-refractivity contribution < 1.29 is 14.3 Å². The molecule has 1 heterocycles. The van der Waals surface area contributed by atoms with Gasteiger partial charge in [-0.2, -0.15) is 0 Å². The highest BCUT2D eigenvalue weighted by Gasteiger charge is 2.17. The summed E-state index contributed by atoms with van der Waals surface area (Å²) in [5, 5.41) is 3.43. The van der Waals surface area contributed by atoms with E-state index in [0.717, 1.165) is 25.0 Å². The SMILES string of the molecule is Nc1ccccc1CCC(=O)Nc1cc(Cl)ccc1OCC1CCCO1. The van der Waals surface area contributed by atoms with Gasteiger partial charge in [0.25, 0.3) is 0 Å². The molecule has 3 N–H and O–H groups in total. The molecule has 26 heavy (non-hydrogen) atoms. The smallest absolute Gasteiger partial charge is 0.224 e. The number of carbonyl (C=O) groups excluding carboxylic acids is 1. The van der Waals surface area contributed by atoms with Gasteiger partial charge < -0.3 is 20.5 Å². The number of rotatable bonds is 7. The first-order chi connectivity index (χ1) is 12.6. The van der Waals surface area contributed by atoms with Crippen LogP contribution in [0.2, 0.25) is 5.02 Å². The van der Waals surface area contributed by atoms with Crippen LogP contribution in [0.4, 0.5) is 11.4 Å². The van der Waals surface area contributed by atoms with E-state index in [9.17, 15) is 4.79 Å². The van der Waals surface area contributed by atoms with Crippen LogP contribution in [0.3, 0.4) is 0 Å². The van der Waals surface area contributed by atoms with Crippen molar-refractivity contribution in [3.63, 3.8) is 0 Å². The van der Waals surface area contributed by atoms with Gasteiger partial charge in [0.1, 0.15) is 12.4 Å². The van der Waals surface area contributed by atoms with E-state index >= 15 is 0 Å². The molecule has 1 atom stereocenters. The standard InChI is InChI=1S/C20H23ClN2O3/c21-15-8-9-19(26-13-16-5-3-11-25-16)18(12-15)23-20(24)10-7-14-4-1-2-6-17(14)22/h1-2,4,6,8-9,12,16H,3,5,7,10-11,13,22H2,(H,23,24). The summed E-state index contributed by atoms with van der Waals surface area (Å²) in [6, 6.07) is 12.8. The fraction of sp³-hybridized carbons (Fsp3) is 0.350. The molecule has 0 radical (unpaired) electrons. The molecule has 5 nitrogen and oxygen atoms in total. The summed E-state index contributed by atoms with van der Waals surface area (Å²) in [6.07, 6.45) is 3.06. The lowest BCUT2D eigenvalue weighted by atomic mass is 10.1. The van der Waals surface area contributed by atoms with E-state index in [0.29, 0.717) is 41.6 Å². The number of hydrogen-bond donors (Lipinski definition) is 2. The number of carbonyl (C=O) groups is 1. The predicted octanol–water partition coefficient (Wildman–Crippen LogP) is 4.05. The molecule has 2 aromatic rings. The van der Waals surface area contributed by atoms with Crippen molar-refractivity contribution in [3.8, 4) is 5.75 Å². The van der Waals surface area contributed by atoms with E-state index in [2.05, 4.69) is 5.32 Å². The van der Waals surface area contributed by atoms with Crippen molar-refractivity contribution in [1.29, 1.82) is 0 Å². The molecule has 1 amide bonds. The average molecular weight is 375 g/mol. The summed E-state index contributed by atoms with van der Waals surface area (Å²) in [5.74, 6) is 0.481. The van der Waals surface area contributed by atoms with Gasteiger partial charge in [-0.1, -0.05) is 29.8 Å². The second-order valence-corrected chi connectivity index (χ2v) is 6.77. The molecule has 6 heteroatoms. The number of nitrogen functional groups attached to an aromatic ring is 1. The Kier molecular flexibility index (Phi) is 6.36. The van der Waals surface area contributed by atoms with Crippen molar-refractivity contribution in [2.45, 2.75) is 31.8 Å². The van der Waals surface area contributed by atoms with Gasteiger partial charge in [-0.3, -0.25) is 4.79 Å². The topological polar surface area (TPSA) is 73.6 Å². The fourth-order valence-corrected chi connectivity index (χ4v) is 3.08. The molecule has 0 aliphatic carbocycles. The van der Waals surface area contributed by atoms with Gasteiger partial charge in [0.05, 0.1) is 11.8 Å². The Bertz CT molecular complexity index is 760. The van der Waals surface area contributed by atoms with Gasteiger partial charge in [0, 0.05) is 23.7 Å². The van der Waals surface area contributed by atoms with Crippen LogP contribution in [0.1, 0.15) is 24.8 Å². The maximum atomic E-state index is 12.3. The summed E-state index contributed by atoms with van der Waals surface area (Å²) in [4.78, 5) is 12.3. The minimum Gasteiger partial charge on any atom is -0.489 e. The zero-order valence-electron chi connectivity index (χ0n) is 14.5. The lowest BCUT2D eigenvalue weighted by molar-refractivity contribution is -0.116. The molecule has 138 valence electrons. The van der Waals surface area contributed by atoms with Gasteiger partial charge in [-0.05, 0) is 49.1 Å². The number of para-hydroxylation sites is 1. The first-order valence-corrected chi connectivity index (χ1v) is 9.17. The minimum atomic E-state index is -0.113. The third kappa shape index (κ3) is 5.13. The monoisotopic (exact) mass is 374 g/mol. The van der Waals surface area contributed by atoms with Crippen LogP contribution in [-0.2, 0) is 16.0 Å². The van der Waals surface area contributed by atoms with E-state index in [1.54, 1.807) is 18.2 Å². The first kappa shape index (κ1) is 18.5. The molecule has 3 rings (SSSR count). The molecule has 0 bridgehead atoms. The number of amides is 1. The Balaban J connectivity index is 1.59. The number of nitrogens with one attached hydrogen (secondary N) is 1. The van der Waals surface area contributed by atoms with E-state index in [1.165, 1.54) is 0 Å². The highest BCUT2D eigenvalue weighted by Crippen LogP contribution is 2.29. The van der Waals surface area contributed by atoms with E-state index < -0.39 is 0 Å². The third-order valence-corrected chi connectivity index (χ3v) is 4.58. The summed E-state index contributed by atoms with van der Waals surface area (Å²) in [7, 11) is 0. The number of anilines is 2. The molecule has 0 saturated carbocycles. The normalized spacial score (nSPS) is 16.4. The Morgan fingerprint density at radius 2 is 2.15 bits per heavy atom. The van der Waals surface area contributed by atoms with Crippen LogP contribution in [0, 0.1) is 0 Å². The quantitative estimate of drug-likeness (QED) is 0.717. The van der Waals surface area contributed by atoms with Crippen LogP contribution in [0.15, 0.2) is 42.5 Å². The summed E-state index contributed by atoms with van der Waals surface area (Å²) in [5.41, 5.74) is 8.15. The number of benzene rings is 2. The molecule has 0 aromatic heterocycles. The maximum absolute atomic E-state index is 12.3. The summed E-state index contributed by atoms with van der Waals surface area (Å²) in [6.45, 7) is 1.24. The van der Waals surface area contributed by atoms with Crippen LogP contribution < -0.4 is 15.8 Å². The Hall–Kier alpha value is -2.24. The van der Waals surface area contributed by atoms with Crippen LogP contribution in [0.25, 0.3) is 0 Å². The molecule has 2 aromatic carbocycles. The summed E-state index contributed by atoms with van der Waals surface area (Å²) < 4.78 is 11.4. The van der Waals surface area contributed by atoms with Crippen molar-refractivity contribution in [3.05, 3.63) is 53.1 Å². The largest absolute Gasteiger partial charge is 0.489 e. The first-order valence-electron chi connectivity index (χ1n) is 8.79. The van der Waals surface area contributed by atoms with Crippen LogP contribution in [0.5, 0.6) is 5.75 Å². The van der Waals surface area contributed by atoms with Gasteiger partial charge in [-0.15, -0.1) is 0 Å². The highest BCUT2D eigenvalue weighted by atomic mass is 35.5. The molecular weight excluding hydrogens is 352 g/mol. The lowest BCUT2D eigenvalue weighted by Crippen LogP contribution is -2.18. The van der Waals surface area contributed by atoms with Crippen LogP contribution >= 0.6 is 11.6 Å². The minimum absolute atomic E-state index is 0.107. The van der Waals surface area contributed by atoms with Gasteiger partial charge >= 0.3 is 0 Å². The average Bonchev–Trinajstić information content (AvgIpc) is 3.14. The molecule has 1 unspecified atom stereocenters. The van der Waals surface area contributed by atoms with Gasteiger partial charge in [0.2, 0.25) is 5.91 Å². The predicted molar refractivity (Wildman–Crippen MR) is 104 cm³/mol. The number of nitrogens with two attached hydrogens (primary N) is 1. The highest BCUT2D eigenvalue weighted by molar-refractivity contribution is 6.31. The third-order valence-electron chi connectivity index (χ3n) is 4.34. The molecule has 1 aliphatic rings. The number of hydrogen-bond acceptors (Lipinski definition) is 4. The molecule has 1 fully saturated rings. The van der Waals surface area contributed by atoms with Crippen LogP contribution in [-0.4, -0.2) is 25.2 Å². The van der Waals surface area contributed by atoms with Gasteiger partial charge in [-0.25, -0.2) is 0 Å². The zero-order valence-corrected chi connectivity index (χ0v) is 15.3. The van der Waals surface area contributed by atoms with E-state index in [4.69, 9.17) is 26.8 Å². The van der Waals surface area contributed by atoms with E-state index in [1.807, 2.05) is 24.3 Å². The number of halogens is 1. The van der Waals surface area contributed by atoms with Gasteiger partial charge in [0.15, 0.2) is 0 Å². The Labute approximate surface area is 158 Å². The van der Waals surface area contributed by atoms with E-state index in [-0.39, 0.29) is 12.0 Å². The lowest BCUT2D eigenvalue weighted by Gasteiger charge is -2.15. The number of aryl methyl sites for hydroxylation is 1. The second kappa shape index (κ2) is 8.92. The fourth-order valence-electron chi connectivity index (χ4n) is 2.91. The van der Waals surface area contributed by atoms with Crippen molar-refractivity contribution >= 4 is 28.9 Å². The Morgan fingerprint density at radius 3 is 2.92 bits per heavy atom. The van der Waals surface area contributed by atoms with Crippen molar-refractivity contribution in [1.82, 2.24) is 0 Å². The molecular formula is C20H23ClN2O3.